The molecule has 1 amide bonds. The van der Waals surface area contributed by atoms with Crippen LogP contribution in [0.4, 0.5) is 4.79 Å². The van der Waals surface area contributed by atoms with Crippen LogP contribution < -0.4 is 0 Å². The van der Waals surface area contributed by atoms with Crippen molar-refractivity contribution in [3.63, 3.8) is 0 Å². The number of benzene rings is 1. The van der Waals surface area contributed by atoms with Crippen LogP contribution in [-0.2, 0) is 11.3 Å². The highest BCUT2D eigenvalue weighted by Crippen LogP contribution is 2.37. The van der Waals surface area contributed by atoms with Crippen LogP contribution in [0.3, 0.4) is 0 Å². The van der Waals surface area contributed by atoms with Crippen LogP contribution in [0.2, 0.25) is 0 Å². The zero-order valence-corrected chi connectivity index (χ0v) is 10.6. The number of hydrogen-bond acceptors (Lipinski definition) is 2. The van der Waals surface area contributed by atoms with Gasteiger partial charge in [-0.05, 0) is 31.2 Å². The van der Waals surface area contributed by atoms with Gasteiger partial charge in [0.15, 0.2) is 0 Å². The van der Waals surface area contributed by atoms with Gasteiger partial charge < -0.3 is 4.74 Å². The summed E-state index contributed by atoms with van der Waals surface area (Å²) in [6.07, 6.45) is 5.58. The Bertz CT molecular complexity index is 423. The predicted octanol–water partition coefficient (Wildman–Crippen LogP) is 3.34. The zero-order valence-electron chi connectivity index (χ0n) is 10.6. The highest BCUT2D eigenvalue weighted by atomic mass is 16.6. The van der Waals surface area contributed by atoms with Gasteiger partial charge in [0.05, 0.1) is 6.54 Å². The van der Waals surface area contributed by atoms with Crippen molar-refractivity contribution in [3.05, 3.63) is 35.9 Å². The monoisotopic (exact) mass is 245 g/mol. The summed E-state index contributed by atoms with van der Waals surface area (Å²) in [6, 6.07) is 10.1. The molecule has 1 aliphatic heterocycles. The highest BCUT2D eigenvalue weighted by molar-refractivity contribution is 5.70. The van der Waals surface area contributed by atoms with E-state index in [1.165, 1.54) is 24.8 Å². The molecule has 0 unspecified atom stereocenters. The molecule has 1 aromatic carbocycles. The van der Waals surface area contributed by atoms with Gasteiger partial charge in [-0.25, -0.2) is 4.79 Å². The molecule has 2 aliphatic rings. The fourth-order valence-corrected chi connectivity index (χ4v) is 3.07. The minimum Gasteiger partial charge on any atom is -0.441 e. The Hall–Kier alpha value is -1.51. The Kier molecular flexibility index (Phi) is 2.98. The Labute approximate surface area is 108 Å². The molecule has 1 saturated heterocycles. The summed E-state index contributed by atoms with van der Waals surface area (Å²) in [7, 11) is 0. The van der Waals surface area contributed by atoms with E-state index in [0.717, 1.165) is 19.4 Å². The molecule has 0 bridgehead atoms. The summed E-state index contributed by atoms with van der Waals surface area (Å²) < 4.78 is 5.66. The van der Waals surface area contributed by atoms with Crippen molar-refractivity contribution >= 4 is 6.09 Å². The van der Waals surface area contributed by atoms with Gasteiger partial charge in [0, 0.05) is 6.54 Å². The van der Waals surface area contributed by atoms with Gasteiger partial charge in [-0.2, -0.15) is 0 Å². The summed E-state index contributed by atoms with van der Waals surface area (Å²) in [5.41, 5.74) is 0.992. The second-order valence-electron chi connectivity index (χ2n) is 5.45. The largest absolute Gasteiger partial charge is 0.441 e. The van der Waals surface area contributed by atoms with E-state index in [2.05, 4.69) is 12.1 Å². The number of carbonyl (C=O) groups is 1. The highest BCUT2D eigenvalue weighted by Gasteiger charge is 2.45. The molecule has 1 heterocycles. The first-order valence-electron chi connectivity index (χ1n) is 6.79. The third-order valence-corrected chi connectivity index (χ3v) is 4.02. The maximum absolute atomic E-state index is 12.0. The van der Waals surface area contributed by atoms with Gasteiger partial charge in [0.25, 0.3) is 0 Å². The van der Waals surface area contributed by atoms with Crippen LogP contribution in [0.25, 0.3) is 0 Å². The third-order valence-electron chi connectivity index (χ3n) is 4.02. The topological polar surface area (TPSA) is 29.5 Å². The van der Waals surface area contributed by atoms with Gasteiger partial charge >= 0.3 is 6.09 Å². The van der Waals surface area contributed by atoms with E-state index in [0.29, 0.717) is 6.54 Å². The molecule has 3 rings (SSSR count). The third kappa shape index (κ3) is 2.22. The predicted molar refractivity (Wildman–Crippen MR) is 69.1 cm³/mol. The van der Waals surface area contributed by atoms with Crippen molar-refractivity contribution in [3.8, 4) is 0 Å². The molecule has 3 heteroatoms. The average molecular weight is 245 g/mol. The molecule has 1 spiro atoms. The molecule has 96 valence electrons. The Morgan fingerprint density at radius 3 is 2.56 bits per heavy atom. The quantitative estimate of drug-likeness (QED) is 0.799. The van der Waals surface area contributed by atoms with Crippen LogP contribution in [0.5, 0.6) is 0 Å². The van der Waals surface area contributed by atoms with E-state index < -0.39 is 0 Å². The van der Waals surface area contributed by atoms with Gasteiger partial charge in [-0.1, -0.05) is 36.8 Å². The molecule has 0 atom stereocenters. The lowest BCUT2D eigenvalue weighted by atomic mass is 9.85. The van der Waals surface area contributed by atoms with Crippen molar-refractivity contribution in [1.82, 2.24) is 4.90 Å². The normalized spacial score (nSPS) is 22.2. The van der Waals surface area contributed by atoms with Crippen LogP contribution in [0.15, 0.2) is 30.3 Å². The number of hydrogen-bond donors (Lipinski definition) is 0. The van der Waals surface area contributed by atoms with Gasteiger partial charge in [-0.3, -0.25) is 4.90 Å². The maximum atomic E-state index is 12.0. The second kappa shape index (κ2) is 4.63. The van der Waals surface area contributed by atoms with Crippen molar-refractivity contribution in [2.24, 2.45) is 0 Å². The lowest BCUT2D eigenvalue weighted by molar-refractivity contribution is 0.0260. The molecule has 1 aliphatic carbocycles. The number of carbonyl (C=O) groups excluding carboxylic acids is 1. The van der Waals surface area contributed by atoms with Crippen LogP contribution in [-0.4, -0.2) is 23.1 Å². The van der Waals surface area contributed by atoms with Gasteiger partial charge in [0.2, 0.25) is 0 Å². The fraction of sp³-hybridized carbons (Fsp3) is 0.533. The van der Waals surface area contributed by atoms with Crippen LogP contribution >= 0.6 is 0 Å². The first-order chi connectivity index (χ1) is 8.77. The molecule has 0 N–H and O–H groups in total. The van der Waals surface area contributed by atoms with Crippen molar-refractivity contribution in [2.45, 2.75) is 44.2 Å². The summed E-state index contributed by atoms with van der Waals surface area (Å²) in [4.78, 5) is 13.8. The van der Waals surface area contributed by atoms with E-state index in [1.54, 1.807) is 0 Å². The fourth-order valence-electron chi connectivity index (χ4n) is 3.07. The van der Waals surface area contributed by atoms with Crippen molar-refractivity contribution in [2.75, 3.05) is 6.54 Å². The first-order valence-corrected chi connectivity index (χ1v) is 6.79. The van der Waals surface area contributed by atoms with E-state index in [-0.39, 0.29) is 11.7 Å². The minimum atomic E-state index is -0.176. The molecule has 3 nitrogen and oxygen atoms in total. The molecule has 1 saturated carbocycles. The summed E-state index contributed by atoms with van der Waals surface area (Å²) in [5.74, 6) is 0. The Morgan fingerprint density at radius 1 is 1.11 bits per heavy atom. The summed E-state index contributed by atoms with van der Waals surface area (Å²) >= 11 is 0. The molecule has 1 aromatic rings. The van der Waals surface area contributed by atoms with Crippen LogP contribution in [0.1, 0.15) is 37.7 Å². The van der Waals surface area contributed by atoms with Gasteiger partial charge in [0.1, 0.15) is 5.60 Å². The number of amides is 1. The Balaban J connectivity index is 1.69. The average Bonchev–Trinajstić information content (AvgIpc) is 2.68. The smallest absolute Gasteiger partial charge is 0.410 e. The van der Waals surface area contributed by atoms with Gasteiger partial charge in [-0.15, -0.1) is 0 Å². The first kappa shape index (κ1) is 11.6. The number of nitrogens with zero attached hydrogens (tertiary/aromatic N) is 1. The SMILES string of the molecule is O=C1OC2(CCCCC2)CN1Cc1ccccc1. The minimum absolute atomic E-state index is 0.138. The molecule has 18 heavy (non-hydrogen) atoms. The lowest BCUT2D eigenvalue weighted by Crippen LogP contribution is -2.36. The van der Waals surface area contributed by atoms with Crippen molar-refractivity contribution in [1.29, 1.82) is 0 Å². The van der Waals surface area contributed by atoms with E-state index in [1.807, 2.05) is 23.1 Å². The molecular weight excluding hydrogens is 226 g/mol. The zero-order chi connectivity index (χ0) is 12.4. The second-order valence-corrected chi connectivity index (χ2v) is 5.45. The molecule has 2 fully saturated rings. The van der Waals surface area contributed by atoms with E-state index in [9.17, 15) is 4.79 Å². The number of ether oxygens (including phenoxy) is 1. The summed E-state index contributed by atoms with van der Waals surface area (Å²) in [6.45, 7) is 1.43. The van der Waals surface area contributed by atoms with E-state index >= 15 is 0 Å². The van der Waals surface area contributed by atoms with Crippen molar-refractivity contribution < 1.29 is 9.53 Å². The van der Waals surface area contributed by atoms with Crippen LogP contribution in [0, 0.1) is 0 Å². The van der Waals surface area contributed by atoms with E-state index in [4.69, 9.17) is 4.74 Å². The molecular formula is C15H19NO2. The molecule has 0 radical (unpaired) electrons. The standard InChI is InChI=1S/C15H19NO2/c17-14-16(11-13-7-3-1-4-8-13)12-15(18-14)9-5-2-6-10-15/h1,3-4,7-8H,2,5-6,9-12H2. The lowest BCUT2D eigenvalue weighted by Gasteiger charge is -2.30. The molecule has 0 aromatic heterocycles. The summed E-state index contributed by atoms with van der Waals surface area (Å²) in [5, 5.41) is 0. The maximum Gasteiger partial charge on any atom is 0.410 e. The Morgan fingerprint density at radius 2 is 1.83 bits per heavy atom. The number of rotatable bonds is 2.